The van der Waals surface area contributed by atoms with E-state index in [4.69, 9.17) is 9.47 Å². The average molecular weight is 280 g/mol. The maximum Gasteiger partial charge on any atom is 0.357 e. The summed E-state index contributed by atoms with van der Waals surface area (Å²) in [4.78, 5) is 16.1. The van der Waals surface area contributed by atoms with Gasteiger partial charge in [-0.3, -0.25) is 10.4 Å². The lowest BCUT2D eigenvalue weighted by Gasteiger charge is -2.26. The Kier molecular flexibility index (Phi) is 3.33. The number of carbonyl (C=O) groups is 1. The van der Waals surface area contributed by atoms with Crippen LogP contribution in [0.5, 0.6) is 0 Å². The van der Waals surface area contributed by atoms with Crippen LogP contribution >= 0.6 is 0 Å². The van der Waals surface area contributed by atoms with Crippen LogP contribution in [0.3, 0.4) is 0 Å². The van der Waals surface area contributed by atoms with E-state index in [9.17, 15) is 15.2 Å². The van der Waals surface area contributed by atoms with Crippen molar-refractivity contribution in [1.29, 1.82) is 0 Å². The monoisotopic (exact) mass is 280 g/mol. The van der Waals surface area contributed by atoms with Crippen LogP contribution in [0.1, 0.15) is 47.6 Å². The predicted molar refractivity (Wildman–Crippen MR) is 66.8 cm³/mol. The fraction of sp³-hybridized carbons (Fsp3) is 0.538. The van der Waals surface area contributed by atoms with Crippen LogP contribution in [0.15, 0.2) is 6.07 Å². The van der Waals surface area contributed by atoms with Crippen molar-refractivity contribution in [3.05, 3.63) is 23.0 Å². The lowest BCUT2D eigenvalue weighted by Crippen LogP contribution is -2.25. The number of rotatable bonds is 3. The van der Waals surface area contributed by atoms with Crippen LogP contribution in [0.25, 0.3) is 0 Å². The van der Waals surface area contributed by atoms with Crippen molar-refractivity contribution in [1.82, 2.24) is 4.98 Å². The Morgan fingerprint density at radius 3 is 3.05 bits per heavy atom. The molecule has 3 rings (SSSR count). The zero-order valence-electron chi connectivity index (χ0n) is 11.1. The fourth-order valence-corrected chi connectivity index (χ4v) is 2.83. The number of pyridine rings is 1. The van der Waals surface area contributed by atoms with Crippen molar-refractivity contribution < 1.29 is 24.7 Å². The number of esters is 1. The summed E-state index contributed by atoms with van der Waals surface area (Å²) in [6.07, 6.45) is 2.20. The third-order valence-electron chi connectivity index (χ3n) is 3.68. The maximum absolute atomic E-state index is 11.8. The number of nitrogens with zero attached hydrogens (tertiary/aromatic N) is 2. The largest absolute Gasteiger partial charge is 0.461 e. The summed E-state index contributed by atoms with van der Waals surface area (Å²) in [6, 6.07) is 1.33. The molecule has 0 spiro atoms. The molecule has 0 radical (unpaired) electrons. The lowest BCUT2D eigenvalue weighted by molar-refractivity contribution is 0.0187. The Morgan fingerprint density at radius 1 is 1.55 bits per heavy atom. The molecule has 2 aliphatic heterocycles. The van der Waals surface area contributed by atoms with E-state index < -0.39 is 5.97 Å². The standard InChI is InChI=1S/C13H16N2O5/c1-2-19-13(16)9-6-10(15(17)18)8-5-7-3-4-11(20-7)12(8)14-9/h6-7,11,17-18H,2-5H2,1H3. The Bertz CT molecular complexity index is 546. The number of hydrogen-bond acceptors (Lipinski definition) is 7. The fourth-order valence-electron chi connectivity index (χ4n) is 2.83. The molecule has 7 nitrogen and oxygen atoms in total. The smallest absolute Gasteiger partial charge is 0.357 e. The molecule has 2 N–H and O–H groups in total. The molecular formula is C13H16N2O5. The summed E-state index contributed by atoms with van der Waals surface area (Å²) in [5.41, 5.74) is 1.55. The zero-order chi connectivity index (χ0) is 14.3. The minimum absolute atomic E-state index is 0.0357. The van der Waals surface area contributed by atoms with E-state index in [1.807, 2.05) is 0 Å². The Hall–Kier alpha value is -1.70. The van der Waals surface area contributed by atoms with E-state index in [2.05, 4.69) is 4.98 Å². The second-order valence-corrected chi connectivity index (χ2v) is 4.93. The summed E-state index contributed by atoms with van der Waals surface area (Å²) in [5, 5.41) is 18.8. The maximum atomic E-state index is 11.8. The van der Waals surface area contributed by atoms with Crippen LogP contribution in [-0.4, -0.2) is 34.1 Å². The van der Waals surface area contributed by atoms with Crippen molar-refractivity contribution in [2.75, 3.05) is 11.8 Å². The molecule has 1 saturated heterocycles. The molecule has 108 valence electrons. The summed E-state index contributed by atoms with van der Waals surface area (Å²) in [5.74, 6) is -0.585. The SMILES string of the molecule is CCOC(=O)c1cc(N(O)O)c2c(n1)C1CCC(C2)O1. The van der Waals surface area contributed by atoms with E-state index >= 15 is 0 Å². The number of aromatic nitrogens is 1. The highest BCUT2D eigenvalue weighted by atomic mass is 16.8. The summed E-state index contributed by atoms with van der Waals surface area (Å²) < 4.78 is 10.7. The molecule has 2 bridgehead atoms. The molecule has 1 aromatic rings. The van der Waals surface area contributed by atoms with Crippen molar-refractivity contribution in [2.24, 2.45) is 0 Å². The lowest BCUT2D eigenvalue weighted by atomic mass is 10.0. The third-order valence-corrected chi connectivity index (χ3v) is 3.68. The second kappa shape index (κ2) is 5.01. The third kappa shape index (κ3) is 2.13. The van der Waals surface area contributed by atoms with Gasteiger partial charge in [0.1, 0.15) is 11.8 Å². The van der Waals surface area contributed by atoms with Gasteiger partial charge in [0.2, 0.25) is 0 Å². The molecule has 2 aliphatic rings. The van der Waals surface area contributed by atoms with Crippen LogP contribution in [-0.2, 0) is 15.9 Å². The summed E-state index contributed by atoms with van der Waals surface area (Å²) in [7, 11) is 0. The normalized spacial score (nSPS) is 23.4. The van der Waals surface area contributed by atoms with Crippen LogP contribution in [0, 0.1) is 0 Å². The highest BCUT2D eigenvalue weighted by Crippen LogP contribution is 2.43. The van der Waals surface area contributed by atoms with Gasteiger partial charge in [0.15, 0.2) is 5.69 Å². The highest BCUT2D eigenvalue weighted by molar-refractivity contribution is 5.88. The molecule has 3 heterocycles. The first-order valence-corrected chi connectivity index (χ1v) is 6.64. The van der Waals surface area contributed by atoms with Crippen LogP contribution in [0.2, 0.25) is 0 Å². The molecule has 0 aliphatic carbocycles. The first kappa shape index (κ1) is 13.3. The van der Waals surface area contributed by atoms with Crippen molar-refractivity contribution in [3.8, 4) is 0 Å². The van der Waals surface area contributed by atoms with Gasteiger partial charge in [-0.05, 0) is 25.8 Å². The summed E-state index contributed by atoms with van der Waals surface area (Å²) in [6.45, 7) is 1.93. The molecular weight excluding hydrogens is 264 g/mol. The van der Waals surface area contributed by atoms with Gasteiger partial charge in [-0.25, -0.2) is 9.78 Å². The van der Waals surface area contributed by atoms with Gasteiger partial charge < -0.3 is 9.47 Å². The van der Waals surface area contributed by atoms with Gasteiger partial charge in [-0.15, -0.1) is 5.23 Å². The Morgan fingerprint density at radius 2 is 2.35 bits per heavy atom. The minimum atomic E-state index is -0.585. The zero-order valence-corrected chi connectivity index (χ0v) is 11.1. The molecule has 1 aromatic heterocycles. The molecule has 0 saturated carbocycles. The highest BCUT2D eigenvalue weighted by Gasteiger charge is 2.37. The number of carbonyl (C=O) groups excluding carboxylic acids is 1. The predicted octanol–water partition coefficient (Wildman–Crippen LogP) is 1.62. The van der Waals surface area contributed by atoms with Gasteiger partial charge >= 0.3 is 5.97 Å². The Labute approximate surface area is 115 Å². The van der Waals surface area contributed by atoms with Gasteiger partial charge in [0, 0.05) is 12.0 Å². The summed E-state index contributed by atoms with van der Waals surface area (Å²) >= 11 is 0. The molecule has 7 heteroatoms. The average Bonchev–Trinajstić information content (AvgIpc) is 2.81. The van der Waals surface area contributed by atoms with Crippen molar-refractivity contribution in [3.63, 3.8) is 0 Å². The van der Waals surface area contributed by atoms with Gasteiger partial charge in [0.05, 0.1) is 18.4 Å². The minimum Gasteiger partial charge on any atom is -0.461 e. The van der Waals surface area contributed by atoms with Gasteiger partial charge in [-0.2, -0.15) is 0 Å². The van der Waals surface area contributed by atoms with E-state index in [1.165, 1.54) is 6.07 Å². The first-order chi connectivity index (χ1) is 9.60. The molecule has 1 fully saturated rings. The van der Waals surface area contributed by atoms with Gasteiger partial charge in [0.25, 0.3) is 0 Å². The number of anilines is 1. The van der Waals surface area contributed by atoms with Crippen LogP contribution < -0.4 is 5.23 Å². The molecule has 0 amide bonds. The number of ether oxygens (including phenoxy) is 2. The van der Waals surface area contributed by atoms with Crippen LogP contribution in [0.4, 0.5) is 5.69 Å². The first-order valence-electron chi connectivity index (χ1n) is 6.64. The Balaban J connectivity index is 2.08. The quantitative estimate of drug-likeness (QED) is 0.642. The number of hydrogen-bond donors (Lipinski definition) is 2. The molecule has 0 aromatic carbocycles. The van der Waals surface area contributed by atoms with Crippen molar-refractivity contribution in [2.45, 2.75) is 38.4 Å². The topological polar surface area (TPSA) is 92.1 Å². The second-order valence-electron chi connectivity index (χ2n) is 4.93. The van der Waals surface area contributed by atoms with E-state index in [0.29, 0.717) is 12.1 Å². The molecule has 2 atom stereocenters. The van der Waals surface area contributed by atoms with E-state index in [1.54, 1.807) is 6.92 Å². The number of fused-ring (bicyclic) bond motifs is 4. The van der Waals surface area contributed by atoms with E-state index in [0.717, 1.165) is 18.4 Å². The molecule has 20 heavy (non-hydrogen) atoms. The van der Waals surface area contributed by atoms with Gasteiger partial charge in [-0.1, -0.05) is 0 Å². The molecule has 2 unspecified atom stereocenters. The van der Waals surface area contributed by atoms with Crippen molar-refractivity contribution >= 4 is 11.7 Å². The van der Waals surface area contributed by atoms with E-state index in [-0.39, 0.29) is 35.4 Å².